The van der Waals surface area contributed by atoms with Gasteiger partial charge in [0.05, 0.1) is 11.6 Å². The van der Waals surface area contributed by atoms with Gasteiger partial charge in [0, 0.05) is 32.7 Å². The highest BCUT2D eigenvalue weighted by molar-refractivity contribution is 9.10. The number of piperazine rings is 1. The van der Waals surface area contributed by atoms with Crippen molar-refractivity contribution >= 4 is 22.0 Å². The number of carbonyl (C=O) groups excluding carboxylic acids is 1. The predicted molar refractivity (Wildman–Crippen MR) is 93.8 cm³/mol. The number of methoxy groups -OCH3 is 1. The highest BCUT2D eigenvalue weighted by Gasteiger charge is 2.26. The molecule has 0 atom stereocenters. The largest absolute Gasteiger partial charge is 0.496 e. The van der Waals surface area contributed by atoms with Crippen LogP contribution in [-0.4, -0.2) is 54.8 Å². The second kappa shape index (κ2) is 7.53. The summed E-state index contributed by atoms with van der Waals surface area (Å²) in [6, 6.07) is 6.02. The number of benzene rings is 1. The zero-order valence-corrected chi connectivity index (χ0v) is 15.9. The Kier molecular flexibility index (Phi) is 5.92. The Morgan fingerprint density at radius 1 is 1.22 bits per heavy atom. The van der Waals surface area contributed by atoms with Gasteiger partial charge in [0.15, 0.2) is 0 Å². The first kappa shape index (κ1) is 18.1. The summed E-state index contributed by atoms with van der Waals surface area (Å²) in [6.07, 6.45) is -0.222. The molecule has 0 N–H and O–H groups in total. The average Bonchev–Trinajstić information content (AvgIpc) is 2.48. The van der Waals surface area contributed by atoms with Gasteiger partial charge in [0.25, 0.3) is 0 Å². The molecule has 0 aromatic heterocycles. The average molecular weight is 385 g/mol. The van der Waals surface area contributed by atoms with E-state index in [1.54, 1.807) is 12.0 Å². The molecular formula is C17H25BrN2O3. The summed E-state index contributed by atoms with van der Waals surface area (Å²) in [4.78, 5) is 16.2. The third-order valence-electron chi connectivity index (χ3n) is 3.68. The SMILES string of the molecule is COc1cccc(CN2CCN(C(=O)OC(C)(C)C)CC2)c1Br. The number of carbonyl (C=O) groups is 1. The molecule has 23 heavy (non-hydrogen) atoms. The number of nitrogens with zero attached hydrogens (tertiary/aromatic N) is 2. The fourth-order valence-electron chi connectivity index (χ4n) is 2.49. The number of amides is 1. The van der Waals surface area contributed by atoms with Crippen molar-refractivity contribution in [3.05, 3.63) is 28.2 Å². The molecule has 0 bridgehead atoms. The van der Waals surface area contributed by atoms with Gasteiger partial charge in [-0.2, -0.15) is 0 Å². The molecule has 0 aliphatic carbocycles. The molecule has 1 aliphatic rings. The fraction of sp³-hybridized carbons (Fsp3) is 0.588. The Hall–Kier alpha value is -1.27. The second-order valence-corrected chi connectivity index (χ2v) is 7.47. The lowest BCUT2D eigenvalue weighted by Gasteiger charge is -2.35. The molecule has 1 saturated heterocycles. The van der Waals surface area contributed by atoms with Crippen LogP contribution >= 0.6 is 15.9 Å². The number of ether oxygens (including phenoxy) is 2. The van der Waals surface area contributed by atoms with E-state index in [1.165, 1.54) is 5.56 Å². The summed E-state index contributed by atoms with van der Waals surface area (Å²) in [5, 5.41) is 0. The molecule has 1 aromatic rings. The fourth-order valence-corrected chi connectivity index (χ4v) is 3.04. The van der Waals surface area contributed by atoms with Crippen LogP contribution in [0.2, 0.25) is 0 Å². The van der Waals surface area contributed by atoms with Crippen LogP contribution < -0.4 is 4.74 Å². The van der Waals surface area contributed by atoms with Crippen molar-refractivity contribution in [3.8, 4) is 5.75 Å². The molecular weight excluding hydrogens is 360 g/mol. The van der Waals surface area contributed by atoms with Crippen molar-refractivity contribution in [1.29, 1.82) is 0 Å². The Bertz CT molecular complexity index is 549. The second-order valence-electron chi connectivity index (χ2n) is 6.68. The smallest absolute Gasteiger partial charge is 0.410 e. The number of hydrogen-bond acceptors (Lipinski definition) is 4. The molecule has 0 saturated carbocycles. The summed E-state index contributed by atoms with van der Waals surface area (Å²) >= 11 is 3.60. The van der Waals surface area contributed by atoms with Gasteiger partial charge in [0.2, 0.25) is 0 Å². The van der Waals surface area contributed by atoms with E-state index >= 15 is 0 Å². The van der Waals surface area contributed by atoms with E-state index in [-0.39, 0.29) is 6.09 Å². The van der Waals surface area contributed by atoms with Crippen LogP contribution in [0.15, 0.2) is 22.7 Å². The zero-order chi connectivity index (χ0) is 17.0. The molecule has 6 heteroatoms. The van der Waals surface area contributed by atoms with Crippen molar-refractivity contribution in [2.75, 3.05) is 33.3 Å². The van der Waals surface area contributed by atoms with Crippen LogP contribution in [0.5, 0.6) is 5.75 Å². The van der Waals surface area contributed by atoms with Crippen molar-refractivity contribution in [1.82, 2.24) is 9.80 Å². The predicted octanol–water partition coefficient (Wildman–Crippen LogP) is 3.51. The van der Waals surface area contributed by atoms with E-state index in [0.717, 1.165) is 29.9 Å². The minimum absolute atomic E-state index is 0.222. The lowest BCUT2D eigenvalue weighted by atomic mass is 10.2. The van der Waals surface area contributed by atoms with Gasteiger partial charge >= 0.3 is 6.09 Å². The van der Waals surface area contributed by atoms with Crippen LogP contribution in [-0.2, 0) is 11.3 Å². The first-order valence-electron chi connectivity index (χ1n) is 7.82. The Labute approximate surface area is 146 Å². The Morgan fingerprint density at radius 2 is 1.87 bits per heavy atom. The summed E-state index contributed by atoms with van der Waals surface area (Å²) in [5.41, 5.74) is 0.745. The van der Waals surface area contributed by atoms with Gasteiger partial charge in [-0.25, -0.2) is 4.79 Å². The van der Waals surface area contributed by atoms with Crippen molar-refractivity contribution in [2.24, 2.45) is 0 Å². The zero-order valence-electron chi connectivity index (χ0n) is 14.3. The van der Waals surface area contributed by atoms with Gasteiger partial charge in [-0.15, -0.1) is 0 Å². The van der Waals surface area contributed by atoms with Crippen LogP contribution in [0.4, 0.5) is 4.79 Å². The molecule has 0 spiro atoms. The van der Waals surface area contributed by atoms with Gasteiger partial charge in [0.1, 0.15) is 11.4 Å². The van der Waals surface area contributed by atoms with E-state index in [0.29, 0.717) is 13.1 Å². The van der Waals surface area contributed by atoms with E-state index in [4.69, 9.17) is 9.47 Å². The Morgan fingerprint density at radius 3 is 2.43 bits per heavy atom. The van der Waals surface area contributed by atoms with Gasteiger partial charge in [-0.1, -0.05) is 12.1 Å². The number of halogens is 1. The summed E-state index contributed by atoms with van der Waals surface area (Å²) in [7, 11) is 1.67. The molecule has 5 nitrogen and oxygen atoms in total. The van der Waals surface area contributed by atoms with Crippen LogP contribution in [0.25, 0.3) is 0 Å². The minimum Gasteiger partial charge on any atom is -0.496 e. The highest BCUT2D eigenvalue weighted by Crippen LogP contribution is 2.29. The summed E-state index contributed by atoms with van der Waals surface area (Å²) < 4.78 is 11.8. The lowest BCUT2D eigenvalue weighted by Crippen LogP contribution is -2.49. The van der Waals surface area contributed by atoms with Gasteiger partial charge in [-0.05, 0) is 48.3 Å². The van der Waals surface area contributed by atoms with E-state index < -0.39 is 5.60 Å². The Balaban J connectivity index is 1.89. The summed E-state index contributed by atoms with van der Waals surface area (Å²) in [5.74, 6) is 0.842. The van der Waals surface area contributed by atoms with E-state index in [2.05, 4.69) is 26.9 Å². The maximum absolute atomic E-state index is 12.1. The van der Waals surface area contributed by atoms with Crippen LogP contribution in [0.1, 0.15) is 26.3 Å². The number of rotatable bonds is 3. The van der Waals surface area contributed by atoms with Crippen molar-refractivity contribution in [3.63, 3.8) is 0 Å². The third-order valence-corrected chi connectivity index (χ3v) is 4.58. The van der Waals surface area contributed by atoms with E-state index in [1.807, 2.05) is 32.9 Å². The number of hydrogen-bond donors (Lipinski definition) is 0. The van der Waals surface area contributed by atoms with Crippen molar-refractivity contribution < 1.29 is 14.3 Å². The van der Waals surface area contributed by atoms with Crippen LogP contribution in [0, 0.1) is 0 Å². The maximum Gasteiger partial charge on any atom is 0.410 e. The molecule has 2 rings (SSSR count). The van der Waals surface area contributed by atoms with Crippen molar-refractivity contribution in [2.45, 2.75) is 32.9 Å². The molecule has 128 valence electrons. The first-order valence-corrected chi connectivity index (χ1v) is 8.61. The maximum atomic E-state index is 12.1. The quantitative estimate of drug-likeness (QED) is 0.799. The standard InChI is InChI=1S/C17H25BrN2O3/c1-17(2,3)23-16(21)20-10-8-19(9-11-20)12-13-6-5-7-14(22-4)15(13)18/h5-7H,8-12H2,1-4H3. The molecule has 0 unspecified atom stereocenters. The normalized spacial score (nSPS) is 16.3. The first-order chi connectivity index (χ1) is 10.8. The topological polar surface area (TPSA) is 42.0 Å². The molecule has 1 fully saturated rings. The van der Waals surface area contributed by atoms with Gasteiger partial charge in [-0.3, -0.25) is 4.90 Å². The highest BCUT2D eigenvalue weighted by atomic mass is 79.9. The molecule has 1 heterocycles. The van der Waals surface area contributed by atoms with Gasteiger partial charge < -0.3 is 14.4 Å². The van der Waals surface area contributed by atoms with Crippen LogP contribution in [0.3, 0.4) is 0 Å². The molecule has 1 amide bonds. The molecule has 1 aliphatic heterocycles. The molecule has 1 aromatic carbocycles. The monoisotopic (exact) mass is 384 g/mol. The third kappa shape index (κ3) is 5.11. The minimum atomic E-state index is -0.445. The molecule has 0 radical (unpaired) electrons. The lowest BCUT2D eigenvalue weighted by molar-refractivity contribution is 0.0139. The summed E-state index contributed by atoms with van der Waals surface area (Å²) in [6.45, 7) is 9.56. The van der Waals surface area contributed by atoms with E-state index in [9.17, 15) is 4.79 Å².